The number of carbonyl (C=O) groups is 1. The molecule has 1 aromatic heterocycles. The molecule has 0 saturated carbocycles. The molecule has 0 bridgehead atoms. The van der Waals surface area contributed by atoms with E-state index in [-0.39, 0.29) is 12.2 Å². The standard InChI is InChI=1S/C12H12FNO3/c1-2-17-12(16)11(15)8-3-4-9-7(10(8)13)5-6-14-9/h3-6,11,14-15H,2H2,1H3. The Morgan fingerprint density at radius 1 is 1.53 bits per heavy atom. The third-order valence-corrected chi connectivity index (χ3v) is 2.50. The molecular weight excluding hydrogens is 225 g/mol. The van der Waals surface area contributed by atoms with E-state index in [0.29, 0.717) is 10.9 Å². The molecule has 0 radical (unpaired) electrons. The van der Waals surface area contributed by atoms with Crippen LogP contribution >= 0.6 is 0 Å². The molecule has 1 aromatic carbocycles. The smallest absolute Gasteiger partial charge is 0.339 e. The highest BCUT2D eigenvalue weighted by molar-refractivity contribution is 5.83. The fourth-order valence-electron chi connectivity index (χ4n) is 1.67. The van der Waals surface area contributed by atoms with E-state index in [1.54, 1.807) is 25.3 Å². The second-order valence-electron chi connectivity index (χ2n) is 3.56. The molecule has 0 saturated heterocycles. The largest absolute Gasteiger partial charge is 0.464 e. The van der Waals surface area contributed by atoms with Gasteiger partial charge >= 0.3 is 5.97 Å². The summed E-state index contributed by atoms with van der Waals surface area (Å²) in [6.45, 7) is 1.76. The highest BCUT2D eigenvalue weighted by atomic mass is 19.1. The number of carbonyl (C=O) groups excluding carboxylic acids is 1. The minimum absolute atomic E-state index is 0.0736. The van der Waals surface area contributed by atoms with Gasteiger partial charge in [-0.2, -0.15) is 0 Å². The molecule has 1 unspecified atom stereocenters. The second kappa shape index (κ2) is 4.55. The van der Waals surface area contributed by atoms with Crippen LogP contribution in [0.4, 0.5) is 4.39 Å². The SMILES string of the molecule is CCOC(=O)C(O)c1ccc2[nH]ccc2c1F. The van der Waals surface area contributed by atoms with Gasteiger partial charge in [-0.15, -0.1) is 0 Å². The van der Waals surface area contributed by atoms with E-state index in [1.807, 2.05) is 0 Å². The van der Waals surface area contributed by atoms with Crippen LogP contribution in [-0.2, 0) is 9.53 Å². The van der Waals surface area contributed by atoms with E-state index < -0.39 is 17.9 Å². The quantitative estimate of drug-likeness (QED) is 0.801. The Kier molecular flexibility index (Phi) is 3.10. The summed E-state index contributed by atoms with van der Waals surface area (Å²) in [5, 5.41) is 10.0. The van der Waals surface area contributed by atoms with Gasteiger partial charge in [-0.1, -0.05) is 6.07 Å². The Hall–Kier alpha value is -1.88. The van der Waals surface area contributed by atoms with Crippen molar-refractivity contribution in [3.63, 3.8) is 0 Å². The van der Waals surface area contributed by atoms with Crippen molar-refractivity contribution in [2.75, 3.05) is 6.61 Å². The number of benzene rings is 1. The number of aliphatic hydroxyl groups is 1. The Morgan fingerprint density at radius 3 is 3.00 bits per heavy atom. The zero-order chi connectivity index (χ0) is 12.4. The molecule has 4 nitrogen and oxygen atoms in total. The Labute approximate surface area is 97.0 Å². The number of H-pyrrole nitrogens is 1. The third kappa shape index (κ3) is 2.01. The molecule has 1 atom stereocenters. The van der Waals surface area contributed by atoms with Gasteiger partial charge in [0.1, 0.15) is 5.82 Å². The molecular formula is C12H12FNO3. The van der Waals surface area contributed by atoms with E-state index in [2.05, 4.69) is 9.72 Å². The van der Waals surface area contributed by atoms with E-state index in [4.69, 9.17) is 0 Å². The number of aliphatic hydroxyl groups excluding tert-OH is 1. The zero-order valence-electron chi connectivity index (χ0n) is 9.24. The van der Waals surface area contributed by atoms with Gasteiger partial charge in [0.05, 0.1) is 6.61 Å². The van der Waals surface area contributed by atoms with Crippen LogP contribution in [0.25, 0.3) is 10.9 Å². The van der Waals surface area contributed by atoms with Crippen molar-refractivity contribution >= 4 is 16.9 Å². The van der Waals surface area contributed by atoms with Crippen molar-refractivity contribution in [3.05, 3.63) is 35.8 Å². The third-order valence-electron chi connectivity index (χ3n) is 2.50. The normalized spacial score (nSPS) is 12.6. The van der Waals surface area contributed by atoms with Crippen molar-refractivity contribution in [2.45, 2.75) is 13.0 Å². The van der Waals surface area contributed by atoms with Crippen LogP contribution in [0.1, 0.15) is 18.6 Å². The number of fused-ring (bicyclic) bond motifs is 1. The van der Waals surface area contributed by atoms with E-state index in [1.165, 1.54) is 6.07 Å². The molecule has 2 aromatic rings. The predicted molar refractivity (Wildman–Crippen MR) is 59.8 cm³/mol. The highest BCUT2D eigenvalue weighted by Crippen LogP contribution is 2.25. The fraction of sp³-hybridized carbons (Fsp3) is 0.250. The zero-order valence-corrected chi connectivity index (χ0v) is 9.24. The number of hydrogen-bond acceptors (Lipinski definition) is 3. The molecule has 90 valence electrons. The molecule has 0 aliphatic rings. The Morgan fingerprint density at radius 2 is 2.29 bits per heavy atom. The average molecular weight is 237 g/mol. The maximum Gasteiger partial charge on any atom is 0.339 e. The summed E-state index contributed by atoms with van der Waals surface area (Å²) in [5.74, 6) is -1.45. The lowest BCUT2D eigenvalue weighted by molar-refractivity contribution is -0.153. The van der Waals surface area contributed by atoms with Gasteiger partial charge in [-0.25, -0.2) is 9.18 Å². The van der Waals surface area contributed by atoms with Crippen molar-refractivity contribution in [1.82, 2.24) is 4.98 Å². The maximum absolute atomic E-state index is 14.0. The molecule has 2 N–H and O–H groups in total. The lowest BCUT2D eigenvalue weighted by Crippen LogP contribution is -2.16. The Bertz CT molecular complexity index is 550. The topological polar surface area (TPSA) is 62.3 Å². The van der Waals surface area contributed by atoms with E-state index >= 15 is 0 Å². The number of hydrogen-bond donors (Lipinski definition) is 2. The maximum atomic E-state index is 14.0. The van der Waals surface area contributed by atoms with Gasteiger partial charge in [0.15, 0.2) is 6.10 Å². The predicted octanol–water partition coefficient (Wildman–Crippen LogP) is 1.90. The number of aromatic amines is 1. The molecule has 0 fully saturated rings. The van der Waals surface area contributed by atoms with Crippen LogP contribution in [0.5, 0.6) is 0 Å². The number of aromatic nitrogens is 1. The summed E-state index contributed by atoms with van der Waals surface area (Å²) in [6.07, 6.45) is 0.00288. The number of rotatable bonds is 3. The summed E-state index contributed by atoms with van der Waals surface area (Å²) in [5.41, 5.74) is 0.540. The first-order valence-electron chi connectivity index (χ1n) is 5.25. The molecule has 1 heterocycles. The Balaban J connectivity index is 2.41. The van der Waals surface area contributed by atoms with Crippen molar-refractivity contribution < 1.29 is 19.0 Å². The van der Waals surface area contributed by atoms with Crippen molar-refractivity contribution in [2.24, 2.45) is 0 Å². The van der Waals surface area contributed by atoms with Crippen LogP contribution in [0.2, 0.25) is 0 Å². The molecule has 2 rings (SSSR count). The highest BCUT2D eigenvalue weighted by Gasteiger charge is 2.23. The van der Waals surface area contributed by atoms with Gasteiger partial charge < -0.3 is 14.8 Å². The van der Waals surface area contributed by atoms with Crippen LogP contribution < -0.4 is 0 Å². The molecule has 0 spiro atoms. The van der Waals surface area contributed by atoms with Gasteiger partial charge in [0.2, 0.25) is 0 Å². The number of ether oxygens (including phenoxy) is 1. The average Bonchev–Trinajstić information content (AvgIpc) is 2.78. The molecule has 5 heteroatoms. The molecule has 0 aliphatic carbocycles. The first-order chi connectivity index (χ1) is 8.15. The number of halogens is 1. The molecule has 17 heavy (non-hydrogen) atoms. The van der Waals surface area contributed by atoms with Gasteiger partial charge in [0.25, 0.3) is 0 Å². The van der Waals surface area contributed by atoms with E-state index in [0.717, 1.165) is 0 Å². The molecule has 0 aliphatic heterocycles. The second-order valence-corrected chi connectivity index (χ2v) is 3.56. The summed E-state index contributed by atoms with van der Waals surface area (Å²) >= 11 is 0. The van der Waals surface area contributed by atoms with Crippen LogP contribution in [0.3, 0.4) is 0 Å². The monoisotopic (exact) mass is 237 g/mol. The van der Waals surface area contributed by atoms with Crippen LogP contribution in [0.15, 0.2) is 24.4 Å². The van der Waals surface area contributed by atoms with E-state index in [9.17, 15) is 14.3 Å². The van der Waals surface area contributed by atoms with Crippen LogP contribution in [-0.4, -0.2) is 22.7 Å². The van der Waals surface area contributed by atoms with Crippen molar-refractivity contribution in [1.29, 1.82) is 0 Å². The van der Waals surface area contributed by atoms with Gasteiger partial charge in [-0.05, 0) is 19.1 Å². The summed E-state index contributed by atoms with van der Waals surface area (Å²) in [7, 11) is 0. The number of nitrogens with one attached hydrogen (secondary N) is 1. The summed E-state index contributed by atoms with van der Waals surface area (Å²) in [6, 6.07) is 4.53. The van der Waals surface area contributed by atoms with Crippen LogP contribution in [0, 0.1) is 5.82 Å². The first-order valence-corrected chi connectivity index (χ1v) is 5.25. The minimum atomic E-state index is -1.59. The van der Waals surface area contributed by atoms with Gasteiger partial charge in [0, 0.05) is 22.7 Å². The van der Waals surface area contributed by atoms with Crippen molar-refractivity contribution in [3.8, 4) is 0 Å². The lowest BCUT2D eigenvalue weighted by atomic mass is 10.1. The fourth-order valence-corrected chi connectivity index (χ4v) is 1.67. The summed E-state index contributed by atoms with van der Waals surface area (Å²) in [4.78, 5) is 14.2. The number of esters is 1. The lowest BCUT2D eigenvalue weighted by Gasteiger charge is -2.11. The van der Waals surface area contributed by atoms with Gasteiger partial charge in [-0.3, -0.25) is 0 Å². The first kappa shape index (κ1) is 11.6. The molecule has 0 amide bonds. The minimum Gasteiger partial charge on any atom is -0.464 e. The summed E-state index contributed by atoms with van der Waals surface area (Å²) < 4.78 is 18.6.